The third kappa shape index (κ3) is 3.92. The quantitative estimate of drug-likeness (QED) is 0.766. The number of hydrogen-bond donors (Lipinski definition) is 1. The number of aromatic nitrogens is 2. The van der Waals surface area contributed by atoms with Crippen molar-refractivity contribution < 1.29 is 4.79 Å². The predicted octanol–water partition coefficient (Wildman–Crippen LogP) is -0.349. The SMILES string of the molecule is CN(C)NC(=O)Cn1c(=O)ccn(Cc2ccccc2)c1=O. The van der Waals surface area contributed by atoms with Crippen molar-refractivity contribution in [1.82, 2.24) is 19.6 Å². The maximum absolute atomic E-state index is 12.3. The first kappa shape index (κ1) is 15.7. The lowest BCUT2D eigenvalue weighted by Gasteiger charge is -2.13. The smallest absolute Gasteiger partial charge is 0.296 e. The Labute approximate surface area is 127 Å². The van der Waals surface area contributed by atoms with Crippen LogP contribution in [0.2, 0.25) is 0 Å². The van der Waals surface area contributed by atoms with Crippen LogP contribution in [0.15, 0.2) is 52.2 Å². The zero-order chi connectivity index (χ0) is 16.1. The van der Waals surface area contributed by atoms with Crippen LogP contribution in [0, 0.1) is 0 Å². The molecule has 0 radical (unpaired) electrons. The van der Waals surface area contributed by atoms with Gasteiger partial charge in [0.05, 0.1) is 6.54 Å². The molecule has 0 fully saturated rings. The number of hydrazine groups is 1. The van der Waals surface area contributed by atoms with Gasteiger partial charge in [-0.05, 0) is 5.56 Å². The van der Waals surface area contributed by atoms with Gasteiger partial charge in [-0.25, -0.2) is 9.80 Å². The standard InChI is InChI=1S/C15H18N4O3/c1-17(2)16-13(20)11-19-14(21)8-9-18(15(19)22)10-12-6-4-3-5-7-12/h3-9H,10-11H2,1-2H3,(H,16,20). The minimum absolute atomic E-state index is 0.314. The highest BCUT2D eigenvalue weighted by Crippen LogP contribution is 1.99. The monoisotopic (exact) mass is 302 g/mol. The molecule has 1 aromatic heterocycles. The molecular weight excluding hydrogens is 284 g/mol. The number of benzene rings is 1. The molecule has 0 aliphatic carbocycles. The number of amides is 1. The molecule has 7 nitrogen and oxygen atoms in total. The molecule has 1 amide bonds. The zero-order valence-electron chi connectivity index (χ0n) is 12.5. The van der Waals surface area contributed by atoms with E-state index in [4.69, 9.17) is 0 Å². The molecule has 0 unspecified atom stereocenters. The summed E-state index contributed by atoms with van der Waals surface area (Å²) in [5.41, 5.74) is 2.43. The van der Waals surface area contributed by atoms with Gasteiger partial charge in [0.25, 0.3) is 11.5 Å². The lowest BCUT2D eigenvalue weighted by molar-refractivity contribution is -0.125. The molecular formula is C15H18N4O3. The Morgan fingerprint density at radius 1 is 1.14 bits per heavy atom. The van der Waals surface area contributed by atoms with Crippen molar-refractivity contribution in [1.29, 1.82) is 0 Å². The number of carbonyl (C=O) groups is 1. The zero-order valence-corrected chi connectivity index (χ0v) is 12.5. The van der Waals surface area contributed by atoms with E-state index in [2.05, 4.69) is 5.43 Å². The molecule has 1 heterocycles. The third-order valence-corrected chi connectivity index (χ3v) is 2.99. The Morgan fingerprint density at radius 3 is 2.45 bits per heavy atom. The first-order valence-electron chi connectivity index (χ1n) is 6.78. The summed E-state index contributed by atoms with van der Waals surface area (Å²) < 4.78 is 2.32. The van der Waals surface area contributed by atoms with E-state index < -0.39 is 17.2 Å². The minimum Gasteiger partial charge on any atom is -0.296 e. The van der Waals surface area contributed by atoms with Crippen molar-refractivity contribution in [3.63, 3.8) is 0 Å². The van der Waals surface area contributed by atoms with Crippen LogP contribution in [0.5, 0.6) is 0 Å². The number of hydrogen-bond acceptors (Lipinski definition) is 4. The van der Waals surface area contributed by atoms with Gasteiger partial charge >= 0.3 is 5.69 Å². The Morgan fingerprint density at radius 2 is 1.82 bits per heavy atom. The Hall–Kier alpha value is -2.67. The van der Waals surface area contributed by atoms with Crippen LogP contribution < -0.4 is 16.7 Å². The predicted molar refractivity (Wildman–Crippen MR) is 82.3 cm³/mol. The fourth-order valence-electron chi connectivity index (χ4n) is 2.03. The summed E-state index contributed by atoms with van der Waals surface area (Å²) in [4.78, 5) is 35.9. The van der Waals surface area contributed by atoms with E-state index in [9.17, 15) is 14.4 Å². The van der Waals surface area contributed by atoms with E-state index in [1.807, 2.05) is 30.3 Å². The van der Waals surface area contributed by atoms with Gasteiger partial charge in [0.15, 0.2) is 0 Å². The van der Waals surface area contributed by atoms with Crippen LogP contribution in [0.1, 0.15) is 5.56 Å². The Balaban J connectivity index is 2.28. The fourth-order valence-corrected chi connectivity index (χ4v) is 2.03. The van der Waals surface area contributed by atoms with E-state index in [-0.39, 0.29) is 6.54 Å². The van der Waals surface area contributed by atoms with Gasteiger partial charge < -0.3 is 0 Å². The van der Waals surface area contributed by atoms with Crippen molar-refractivity contribution >= 4 is 5.91 Å². The van der Waals surface area contributed by atoms with E-state index in [1.165, 1.54) is 21.8 Å². The number of carbonyl (C=O) groups excluding carboxylic acids is 1. The van der Waals surface area contributed by atoms with Crippen molar-refractivity contribution in [2.24, 2.45) is 0 Å². The molecule has 0 aliphatic rings. The molecule has 22 heavy (non-hydrogen) atoms. The number of nitrogens with zero attached hydrogens (tertiary/aromatic N) is 3. The lowest BCUT2D eigenvalue weighted by atomic mass is 10.2. The van der Waals surface area contributed by atoms with Crippen LogP contribution in [-0.4, -0.2) is 34.1 Å². The summed E-state index contributed by atoms with van der Waals surface area (Å²) in [5, 5.41) is 1.46. The minimum atomic E-state index is -0.509. The average molecular weight is 302 g/mol. The molecule has 0 aliphatic heterocycles. The van der Waals surface area contributed by atoms with Crippen LogP contribution in [0.25, 0.3) is 0 Å². The molecule has 0 bridgehead atoms. The second-order valence-corrected chi connectivity index (χ2v) is 5.07. The average Bonchev–Trinajstić information content (AvgIpc) is 2.47. The summed E-state index contributed by atoms with van der Waals surface area (Å²) in [6, 6.07) is 10.7. The van der Waals surface area contributed by atoms with Crippen LogP contribution in [0.4, 0.5) is 0 Å². The van der Waals surface area contributed by atoms with Gasteiger partial charge in [-0.1, -0.05) is 30.3 Å². The van der Waals surface area contributed by atoms with Gasteiger partial charge in [-0.2, -0.15) is 0 Å². The van der Waals surface area contributed by atoms with Gasteiger partial charge in [0.2, 0.25) is 0 Å². The highest BCUT2D eigenvalue weighted by Gasteiger charge is 2.10. The van der Waals surface area contributed by atoms with Crippen LogP contribution in [-0.2, 0) is 17.9 Å². The topological polar surface area (TPSA) is 76.3 Å². The Bertz CT molecular complexity index is 762. The molecule has 7 heteroatoms. The molecule has 0 saturated carbocycles. The van der Waals surface area contributed by atoms with Crippen molar-refractivity contribution in [2.45, 2.75) is 13.1 Å². The normalized spacial score (nSPS) is 10.7. The van der Waals surface area contributed by atoms with E-state index in [1.54, 1.807) is 14.1 Å². The van der Waals surface area contributed by atoms with Gasteiger partial charge in [0, 0.05) is 26.4 Å². The molecule has 0 atom stereocenters. The summed E-state index contributed by atoms with van der Waals surface area (Å²) >= 11 is 0. The highest BCUT2D eigenvalue weighted by molar-refractivity contribution is 5.75. The fraction of sp³-hybridized carbons (Fsp3) is 0.267. The molecule has 2 rings (SSSR count). The second kappa shape index (κ2) is 6.86. The number of nitrogens with one attached hydrogen (secondary N) is 1. The maximum atomic E-state index is 12.3. The van der Waals surface area contributed by atoms with Crippen LogP contribution >= 0.6 is 0 Å². The van der Waals surface area contributed by atoms with E-state index >= 15 is 0 Å². The molecule has 0 saturated heterocycles. The van der Waals surface area contributed by atoms with Crippen molar-refractivity contribution in [2.75, 3.05) is 14.1 Å². The van der Waals surface area contributed by atoms with Crippen molar-refractivity contribution in [3.8, 4) is 0 Å². The Kier molecular flexibility index (Phi) is 4.90. The highest BCUT2D eigenvalue weighted by atomic mass is 16.2. The largest absolute Gasteiger partial charge is 0.331 e. The maximum Gasteiger partial charge on any atom is 0.331 e. The van der Waals surface area contributed by atoms with E-state index in [0.717, 1.165) is 10.1 Å². The second-order valence-electron chi connectivity index (χ2n) is 5.07. The third-order valence-electron chi connectivity index (χ3n) is 2.99. The molecule has 2 aromatic rings. The summed E-state index contributed by atoms with van der Waals surface area (Å²) in [7, 11) is 3.30. The summed E-state index contributed by atoms with van der Waals surface area (Å²) in [6.07, 6.45) is 1.44. The van der Waals surface area contributed by atoms with E-state index in [0.29, 0.717) is 6.54 Å². The first-order chi connectivity index (χ1) is 10.5. The van der Waals surface area contributed by atoms with Gasteiger partial charge in [-0.15, -0.1) is 0 Å². The molecule has 0 spiro atoms. The molecule has 1 N–H and O–H groups in total. The van der Waals surface area contributed by atoms with Gasteiger partial charge in [-0.3, -0.25) is 24.1 Å². The van der Waals surface area contributed by atoms with Gasteiger partial charge in [0.1, 0.15) is 6.54 Å². The molecule has 1 aromatic carbocycles. The first-order valence-corrected chi connectivity index (χ1v) is 6.78. The molecule has 116 valence electrons. The summed E-state index contributed by atoms with van der Waals surface area (Å²) in [5.74, 6) is -0.429. The van der Waals surface area contributed by atoms with Crippen LogP contribution in [0.3, 0.4) is 0 Å². The van der Waals surface area contributed by atoms with Crippen molar-refractivity contribution in [3.05, 3.63) is 69.0 Å². The summed E-state index contributed by atoms with van der Waals surface area (Å²) in [6.45, 7) is 0.0285. The lowest BCUT2D eigenvalue weighted by Crippen LogP contribution is -2.45. The number of rotatable bonds is 5.